The van der Waals surface area contributed by atoms with Crippen LogP contribution < -0.4 is 5.32 Å². The summed E-state index contributed by atoms with van der Waals surface area (Å²) < 4.78 is 33.9. The van der Waals surface area contributed by atoms with Gasteiger partial charge in [0.15, 0.2) is 18.9 Å². The Morgan fingerprint density at radius 1 is 0.547 bits per heavy atom. The number of hydrogen-bond donors (Lipinski definition) is 12. The summed E-state index contributed by atoms with van der Waals surface area (Å²) in [6.45, 7) is 1.52. The average molecular weight is 922 g/mol. The molecule has 0 aromatic carbocycles. The van der Waals surface area contributed by atoms with Crippen LogP contribution in [0.5, 0.6) is 0 Å². The molecule has 0 aromatic rings. The van der Waals surface area contributed by atoms with Crippen LogP contribution >= 0.6 is 0 Å². The number of nitrogens with one attached hydrogen (secondary N) is 1. The number of amides is 1. The Bertz CT molecular complexity index is 1340. The van der Waals surface area contributed by atoms with Crippen molar-refractivity contribution in [3.63, 3.8) is 0 Å². The van der Waals surface area contributed by atoms with E-state index in [1.54, 1.807) is 12.2 Å². The molecule has 3 aliphatic heterocycles. The minimum atomic E-state index is -1.98. The Balaban J connectivity index is 1.61. The maximum atomic E-state index is 13.0. The quantitative estimate of drug-likeness (QED) is 0.0330. The number of unbranched alkanes of at least 4 members (excludes halogenated alkanes) is 10. The number of rotatable bonds is 30. The van der Waals surface area contributed by atoms with Gasteiger partial charge in [0.1, 0.15) is 73.2 Å². The second-order valence-corrected chi connectivity index (χ2v) is 16.8. The van der Waals surface area contributed by atoms with Crippen LogP contribution in [0.2, 0.25) is 0 Å². The molecule has 3 rings (SSSR count). The molecular formula is C45H79NO18. The fourth-order valence-electron chi connectivity index (χ4n) is 7.67. The van der Waals surface area contributed by atoms with Gasteiger partial charge in [-0.15, -0.1) is 0 Å². The van der Waals surface area contributed by atoms with Crippen LogP contribution in [0.4, 0.5) is 0 Å². The Morgan fingerprint density at radius 3 is 1.55 bits per heavy atom. The smallest absolute Gasteiger partial charge is 0.220 e. The average Bonchev–Trinajstić information content (AvgIpc) is 3.29. The molecule has 3 heterocycles. The molecule has 0 spiro atoms. The molecule has 0 aliphatic carbocycles. The number of carbonyl (C=O) groups excluding carboxylic acids is 1. The van der Waals surface area contributed by atoms with E-state index in [2.05, 4.69) is 43.5 Å². The van der Waals surface area contributed by atoms with Gasteiger partial charge in [0.25, 0.3) is 0 Å². The van der Waals surface area contributed by atoms with Crippen molar-refractivity contribution in [2.24, 2.45) is 0 Å². The number of carbonyl (C=O) groups is 1. The second-order valence-electron chi connectivity index (χ2n) is 16.8. The highest BCUT2D eigenvalue weighted by atomic mass is 16.8. The second kappa shape index (κ2) is 31.1. The van der Waals surface area contributed by atoms with E-state index in [-0.39, 0.29) is 18.9 Å². The monoisotopic (exact) mass is 922 g/mol. The highest BCUT2D eigenvalue weighted by Gasteiger charge is 2.53. The fraction of sp³-hybridized carbons (Fsp3) is 0.844. The summed E-state index contributed by atoms with van der Waals surface area (Å²) in [4.78, 5) is 13.0. The summed E-state index contributed by atoms with van der Waals surface area (Å²) in [5.41, 5.74) is 0. The number of ether oxygens (including phenoxy) is 6. The molecular weight excluding hydrogens is 842 g/mol. The van der Waals surface area contributed by atoms with Crippen molar-refractivity contribution in [2.75, 3.05) is 26.4 Å². The predicted molar refractivity (Wildman–Crippen MR) is 231 cm³/mol. The van der Waals surface area contributed by atoms with Crippen molar-refractivity contribution in [3.05, 3.63) is 36.5 Å². The van der Waals surface area contributed by atoms with Gasteiger partial charge < -0.3 is 89.9 Å². The van der Waals surface area contributed by atoms with E-state index in [0.717, 1.165) is 57.8 Å². The topological polar surface area (TPSA) is 307 Å². The normalized spacial score (nSPS) is 34.8. The number of aliphatic hydroxyl groups is 11. The molecule has 0 radical (unpaired) electrons. The molecule has 0 saturated carbocycles. The molecule has 3 fully saturated rings. The molecule has 12 N–H and O–H groups in total. The zero-order valence-electron chi connectivity index (χ0n) is 37.5. The van der Waals surface area contributed by atoms with Gasteiger partial charge in [-0.1, -0.05) is 102 Å². The lowest BCUT2D eigenvalue weighted by molar-refractivity contribution is -0.379. The molecule has 3 aliphatic rings. The van der Waals surface area contributed by atoms with Gasteiger partial charge >= 0.3 is 0 Å². The SMILES string of the molecule is CCCC/C=C/CC/C=C/CC/C=C/C(O)C(COC1OC(CO)C(OC2OC(CO)C(OC3OC(CO)C(O)C(O)C3O)C(O)C2O)C(O)C1O)NC(=O)CCCCCCCCC. The lowest BCUT2D eigenvalue weighted by Gasteiger charge is -2.48. The van der Waals surface area contributed by atoms with Crippen molar-refractivity contribution in [1.82, 2.24) is 5.32 Å². The van der Waals surface area contributed by atoms with Crippen LogP contribution in [0.3, 0.4) is 0 Å². The minimum Gasteiger partial charge on any atom is -0.394 e. The summed E-state index contributed by atoms with van der Waals surface area (Å²) in [6, 6.07) is -0.987. The van der Waals surface area contributed by atoms with Crippen molar-refractivity contribution in [1.29, 1.82) is 0 Å². The van der Waals surface area contributed by atoms with E-state index >= 15 is 0 Å². The molecule has 372 valence electrons. The van der Waals surface area contributed by atoms with Gasteiger partial charge in [0.05, 0.1) is 38.6 Å². The highest BCUT2D eigenvalue weighted by Crippen LogP contribution is 2.33. The van der Waals surface area contributed by atoms with Gasteiger partial charge in [0.2, 0.25) is 5.91 Å². The van der Waals surface area contributed by atoms with Crippen LogP contribution in [0.15, 0.2) is 36.5 Å². The third-order valence-corrected chi connectivity index (χ3v) is 11.7. The molecule has 19 heteroatoms. The zero-order valence-corrected chi connectivity index (χ0v) is 37.5. The molecule has 17 unspecified atom stereocenters. The largest absolute Gasteiger partial charge is 0.394 e. The minimum absolute atomic E-state index is 0.230. The molecule has 64 heavy (non-hydrogen) atoms. The first-order valence-corrected chi connectivity index (χ1v) is 23.2. The van der Waals surface area contributed by atoms with Gasteiger partial charge in [0, 0.05) is 6.42 Å². The molecule has 1 amide bonds. The third kappa shape index (κ3) is 17.9. The summed E-state index contributed by atoms with van der Waals surface area (Å²) in [5, 5.41) is 119. The fourth-order valence-corrected chi connectivity index (χ4v) is 7.67. The summed E-state index contributed by atoms with van der Waals surface area (Å²) in [6.07, 6.45) is -0.822. The first-order chi connectivity index (χ1) is 30.8. The van der Waals surface area contributed by atoms with E-state index in [1.165, 1.54) is 19.3 Å². The van der Waals surface area contributed by atoms with E-state index < -0.39 is 124 Å². The molecule has 17 atom stereocenters. The van der Waals surface area contributed by atoms with Crippen LogP contribution in [0.25, 0.3) is 0 Å². The van der Waals surface area contributed by atoms with Crippen LogP contribution in [0, 0.1) is 0 Å². The predicted octanol–water partition coefficient (Wildman–Crippen LogP) is -0.143. The van der Waals surface area contributed by atoms with Crippen molar-refractivity contribution >= 4 is 5.91 Å². The van der Waals surface area contributed by atoms with Crippen LogP contribution in [-0.4, -0.2) is 193 Å². The van der Waals surface area contributed by atoms with E-state index in [1.807, 2.05) is 0 Å². The van der Waals surface area contributed by atoms with Crippen molar-refractivity contribution < 1.29 is 89.4 Å². The first kappa shape index (κ1) is 56.3. The van der Waals surface area contributed by atoms with Crippen LogP contribution in [0.1, 0.15) is 110 Å². The lowest BCUT2D eigenvalue weighted by atomic mass is 9.96. The Morgan fingerprint density at radius 2 is 1.00 bits per heavy atom. The third-order valence-electron chi connectivity index (χ3n) is 11.7. The standard InChI is InChI=1S/C45H79NO18/c1-3-5-7-9-11-12-13-14-15-17-18-20-22-29(50)28(46-33(51)23-21-19-16-10-8-6-4-2)27-59-43-39(57)36(54)41(31(25-48)61-43)64-45-40(58)37(55)42(32(26-49)62-45)63-44-38(56)35(53)34(52)30(24-47)60-44/h9,11,14-15,20,22,28-32,34-45,47-50,52-58H,3-8,10,12-13,16-19,21,23-27H2,1-2H3,(H,46,51)/b11-9+,15-14+,22-20+. The van der Waals surface area contributed by atoms with Crippen molar-refractivity contribution in [3.8, 4) is 0 Å². The summed E-state index contributed by atoms with van der Waals surface area (Å²) in [5.74, 6) is -0.302. The highest BCUT2D eigenvalue weighted by molar-refractivity contribution is 5.76. The van der Waals surface area contributed by atoms with Crippen molar-refractivity contribution in [2.45, 2.75) is 214 Å². The maximum Gasteiger partial charge on any atom is 0.220 e. The van der Waals surface area contributed by atoms with Gasteiger partial charge in [-0.25, -0.2) is 0 Å². The van der Waals surface area contributed by atoms with Gasteiger partial charge in [-0.05, 0) is 38.5 Å². The van der Waals surface area contributed by atoms with Gasteiger partial charge in [-0.2, -0.15) is 0 Å². The molecule has 19 nitrogen and oxygen atoms in total. The summed E-state index contributed by atoms with van der Waals surface area (Å²) >= 11 is 0. The lowest BCUT2D eigenvalue weighted by Crippen LogP contribution is -2.66. The Kier molecular flexibility index (Phi) is 27.4. The molecule has 3 saturated heterocycles. The number of hydrogen-bond acceptors (Lipinski definition) is 18. The number of allylic oxidation sites excluding steroid dienone is 5. The van der Waals surface area contributed by atoms with E-state index in [4.69, 9.17) is 28.4 Å². The molecule has 0 aromatic heterocycles. The first-order valence-electron chi connectivity index (χ1n) is 23.2. The van der Waals surface area contributed by atoms with Crippen LogP contribution in [-0.2, 0) is 33.2 Å². The zero-order chi connectivity index (χ0) is 47.0. The number of aliphatic hydroxyl groups excluding tert-OH is 11. The van der Waals surface area contributed by atoms with E-state index in [9.17, 15) is 61.0 Å². The van der Waals surface area contributed by atoms with Gasteiger partial charge in [-0.3, -0.25) is 4.79 Å². The molecule has 0 bridgehead atoms. The Hall–Kier alpha value is -1.99. The summed E-state index contributed by atoms with van der Waals surface area (Å²) in [7, 11) is 0. The van der Waals surface area contributed by atoms with E-state index in [0.29, 0.717) is 12.8 Å². The maximum absolute atomic E-state index is 13.0. The Labute approximate surface area is 377 Å².